The summed E-state index contributed by atoms with van der Waals surface area (Å²) < 4.78 is 0. The van der Waals surface area contributed by atoms with Gasteiger partial charge >= 0.3 is 0 Å². The van der Waals surface area contributed by atoms with Gasteiger partial charge in [-0.2, -0.15) is 0 Å². The van der Waals surface area contributed by atoms with Crippen LogP contribution in [0.4, 0.5) is 11.4 Å². The zero-order chi connectivity index (χ0) is 10.7. The van der Waals surface area contributed by atoms with Gasteiger partial charge in [0.2, 0.25) is 0 Å². The first-order valence-electron chi connectivity index (χ1n) is 4.41. The highest BCUT2D eigenvalue weighted by atomic mass is 16.1. The van der Waals surface area contributed by atoms with Gasteiger partial charge in [0, 0.05) is 11.4 Å². The van der Waals surface area contributed by atoms with E-state index in [1.807, 2.05) is 0 Å². The van der Waals surface area contributed by atoms with Gasteiger partial charge in [0.25, 0.3) is 5.91 Å². The van der Waals surface area contributed by atoms with Crippen molar-refractivity contribution in [2.24, 2.45) is 0 Å². The first-order valence-corrected chi connectivity index (χ1v) is 4.41. The lowest BCUT2D eigenvalue weighted by Gasteiger charge is -2.03. The van der Waals surface area contributed by atoms with Crippen molar-refractivity contribution in [2.75, 3.05) is 11.1 Å². The van der Waals surface area contributed by atoms with Gasteiger partial charge in [0.15, 0.2) is 0 Å². The highest BCUT2D eigenvalue weighted by Crippen LogP contribution is 2.11. The SMILES string of the molecule is Nc1ccc(NC(=O)c2cnc[nH]2)cc1. The second-order valence-electron chi connectivity index (χ2n) is 3.04. The number of carbonyl (C=O) groups excluding carboxylic acids is 1. The Morgan fingerprint density at radius 2 is 2.07 bits per heavy atom. The first-order chi connectivity index (χ1) is 7.25. The number of nitrogens with one attached hydrogen (secondary N) is 2. The van der Waals surface area contributed by atoms with E-state index in [2.05, 4.69) is 15.3 Å². The minimum atomic E-state index is -0.225. The van der Waals surface area contributed by atoms with Crippen molar-refractivity contribution in [1.82, 2.24) is 9.97 Å². The van der Waals surface area contributed by atoms with Crippen molar-refractivity contribution in [1.29, 1.82) is 0 Å². The van der Waals surface area contributed by atoms with Crippen molar-refractivity contribution in [3.05, 3.63) is 42.5 Å². The summed E-state index contributed by atoms with van der Waals surface area (Å²) in [4.78, 5) is 18.0. The molecule has 2 rings (SSSR count). The summed E-state index contributed by atoms with van der Waals surface area (Å²) in [5.41, 5.74) is 7.31. The molecule has 0 fully saturated rings. The number of nitrogens with zero attached hydrogens (tertiary/aromatic N) is 1. The van der Waals surface area contributed by atoms with Crippen LogP contribution < -0.4 is 11.1 Å². The van der Waals surface area contributed by atoms with Crippen LogP contribution in [0.25, 0.3) is 0 Å². The Kier molecular flexibility index (Phi) is 2.37. The molecule has 5 nitrogen and oxygen atoms in total. The molecule has 1 aromatic heterocycles. The minimum Gasteiger partial charge on any atom is -0.399 e. The quantitative estimate of drug-likeness (QED) is 0.640. The smallest absolute Gasteiger partial charge is 0.273 e. The second kappa shape index (κ2) is 3.83. The molecule has 15 heavy (non-hydrogen) atoms. The van der Waals surface area contributed by atoms with Crippen LogP contribution in [0.2, 0.25) is 0 Å². The number of aromatic amines is 1. The summed E-state index contributed by atoms with van der Waals surface area (Å²) in [6.45, 7) is 0. The lowest BCUT2D eigenvalue weighted by atomic mass is 10.3. The topological polar surface area (TPSA) is 83.8 Å². The maximum atomic E-state index is 11.5. The van der Waals surface area contributed by atoms with E-state index in [4.69, 9.17) is 5.73 Å². The Labute approximate surface area is 86.3 Å². The van der Waals surface area contributed by atoms with Gasteiger partial charge in [-0.05, 0) is 24.3 Å². The van der Waals surface area contributed by atoms with E-state index in [-0.39, 0.29) is 5.91 Å². The number of nitrogen functional groups attached to an aromatic ring is 1. The fourth-order valence-corrected chi connectivity index (χ4v) is 1.14. The number of hydrogen-bond donors (Lipinski definition) is 3. The molecule has 0 bridgehead atoms. The second-order valence-corrected chi connectivity index (χ2v) is 3.04. The molecule has 0 saturated heterocycles. The van der Waals surface area contributed by atoms with Crippen LogP contribution >= 0.6 is 0 Å². The molecule has 1 heterocycles. The number of hydrogen-bond acceptors (Lipinski definition) is 3. The molecule has 5 heteroatoms. The van der Waals surface area contributed by atoms with E-state index in [9.17, 15) is 4.79 Å². The Morgan fingerprint density at radius 3 is 2.67 bits per heavy atom. The van der Waals surface area contributed by atoms with Crippen LogP contribution in [0.3, 0.4) is 0 Å². The Bertz CT molecular complexity index is 447. The third-order valence-corrected chi connectivity index (χ3v) is 1.91. The molecule has 0 spiro atoms. The van der Waals surface area contributed by atoms with Gasteiger partial charge in [0.05, 0.1) is 12.5 Å². The Morgan fingerprint density at radius 1 is 1.33 bits per heavy atom. The van der Waals surface area contributed by atoms with Crippen molar-refractivity contribution in [3.8, 4) is 0 Å². The minimum absolute atomic E-state index is 0.225. The van der Waals surface area contributed by atoms with Crippen LogP contribution in [0, 0.1) is 0 Å². The normalized spacial score (nSPS) is 9.87. The largest absolute Gasteiger partial charge is 0.399 e. The number of benzene rings is 1. The zero-order valence-corrected chi connectivity index (χ0v) is 7.90. The van der Waals surface area contributed by atoms with E-state index in [0.29, 0.717) is 17.1 Å². The summed E-state index contributed by atoms with van der Waals surface area (Å²) >= 11 is 0. The molecule has 76 valence electrons. The third kappa shape index (κ3) is 2.14. The van der Waals surface area contributed by atoms with Crippen molar-refractivity contribution >= 4 is 17.3 Å². The Balaban J connectivity index is 2.09. The number of nitrogens with two attached hydrogens (primary N) is 1. The standard InChI is InChI=1S/C10H10N4O/c11-7-1-3-8(4-2-7)14-10(15)9-5-12-6-13-9/h1-6H,11H2,(H,12,13)(H,14,15). The molecule has 1 amide bonds. The average Bonchev–Trinajstić information content (AvgIpc) is 2.74. The lowest BCUT2D eigenvalue weighted by molar-refractivity contribution is 0.102. The summed E-state index contributed by atoms with van der Waals surface area (Å²) in [6.07, 6.45) is 2.92. The highest BCUT2D eigenvalue weighted by Gasteiger charge is 2.06. The molecule has 0 aliphatic rings. The summed E-state index contributed by atoms with van der Waals surface area (Å²) in [6, 6.07) is 6.93. The molecule has 0 aliphatic carbocycles. The van der Waals surface area contributed by atoms with E-state index in [0.717, 1.165) is 0 Å². The zero-order valence-electron chi connectivity index (χ0n) is 7.90. The highest BCUT2D eigenvalue weighted by molar-refractivity contribution is 6.02. The molecule has 1 aromatic carbocycles. The van der Waals surface area contributed by atoms with Crippen LogP contribution in [-0.2, 0) is 0 Å². The van der Waals surface area contributed by atoms with Crippen LogP contribution in [0.5, 0.6) is 0 Å². The van der Waals surface area contributed by atoms with Crippen LogP contribution in [0.15, 0.2) is 36.8 Å². The van der Waals surface area contributed by atoms with Gasteiger partial charge in [-0.25, -0.2) is 4.98 Å². The molecule has 4 N–H and O–H groups in total. The number of aromatic nitrogens is 2. The monoisotopic (exact) mass is 202 g/mol. The molecule has 0 saturated carbocycles. The number of anilines is 2. The fraction of sp³-hybridized carbons (Fsp3) is 0. The molecular formula is C10H10N4O. The van der Waals surface area contributed by atoms with E-state index in [1.54, 1.807) is 24.3 Å². The van der Waals surface area contributed by atoms with Crippen LogP contribution in [-0.4, -0.2) is 15.9 Å². The molecular weight excluding hydrogens is 192 g/mol. The van der Waals surface area contributed by atoms with Gasteiger partial charge in [0.1, 0.15) is 5.69 Å². The fourth-order valence-electron chi connectivity index (χ4n) is 1.14. The van der Waals surface area contributed by atoms with Crippen molar-refractivity contribution in [3.63, 3.8) is 0 Å². The van der Waals surface area contributed by atoms with Gasteiger partial charge in [-0.1, -0.05) is 0 Å². The van der Waals surface area contributed by atoms with Crippen molar-refractivity contribution < 1.29 is 4.79 Å². The average molecular weight is 202 g/mol. The predicted molar refractivity (Wildman–Crippen MR) is 57.4 cm³/mol. The number of rotatable bonds is 2. The van der Waals surface area contributed by atoms with Gasteiger partial charge in [-0.3, -0.25) is 4.79 Å². The van der Waals surface area contributed by atoms with Crippen LogP contribution in [0.1, 0.15) is 10.5 Å². The number of H-pyrrole nitrogens is 1. The van der Waals surface area contributed by atoms with E-state index >= 15 is 0 Å². The third-order valence-electron chi connectivity index (χ3n) is 1.91. The molecule has 0 radical (unpaired) electrons. The summed E-state index contributed by atoms with van der Waals surface area (Å²) in [5, 5.41) is 2.71. The number of carbonyl (C=O) groups is 1. The summed E-state index contributed by atoms with van der Waals surface area (Å²) in [5.74, 6) is -0.225. The Hall–Kier alpha value is -2.30. The first kappa shape index (κ1) is 9.26. The lowest BCUT2D eigenvalue weighted by Crippen LogP contribution is -2.12. The van der Waals surface area contributed by atoms with Crippen molar-refractivity contribution in [2.45, 2.75) is 0 Å². The van der Waals surface area contributed by atoms with Gasteiger partial charge < -0.3 is 16.0 Å². The predicted octanol–water partition coefficient (Wildman–Crippen LogP) is 1.24. The van der Waals surface area contributed by atoms with E-state index in [1.165, 1.54) is 12.5 Å². The molecule has 0 atom stereocenters. The summed E-state index contributed by atoms with van der Waals surface area (Å²) in [7, 11) is 0. The molecule has 2 aromatic rings. The number of amides is 1. The van der Waals surface area contributed by atoms with E-state index < -0.39 is 0 Å². The maximum absolute atomic E-state index is 11.5. The maximum Gasteiger partial charge on any atom is 0.273 e. The van der Waals surface area contributed by atoms with Gasteiger partial charge in [-0.15, -0.1) is 0 Å². The molecule has 0 aliphatic heterocycles. The molecule has 0 unspecified atom stereocenters. The number of imidazole rings is 1.